The maximum Gasteiger partial charge on any atom is 0.335 e. The molecule has 0 aliphatic heterocycles. The van der Waals surface area contributed by atoms with Crippen molar-refractivity contribution in [3.63, 3.8) is 0 Å². The van der Waals surface area contributed by atoms with Crippen molar-refractivity contribution in [2.45, 2.75) is 19.4 Å². The van der Waals surface area contributed by atoms with E-state index in [1.807, 2.05) is 0 Å². The predicted octanol–water partition coefficient (Wildman–Crippen LogP) is 1.16. The fourth-order valence-corrected chi connectivity index (χ4v) is 1.31. The Balaban J connectivity index is 2.55. The summed E-state index contributed by atoms with van der Waals surface area (Å²) in [5.41, 5.74) is 0.862. The number of carbonyl (C=O) groups excluding carboxylic acids is 1. The monoisotopic (exact) mass is 224 g/mol. The molecule has 0 unspecified atom stereocenters. The van der Waals surface area contributed by atoms with Gasteiger partial charge in [-0.05, 0) is 24.6 Å². The van der Waals surface area contributed by atoms with Gasteiger partial charge >= 0.3 is 5.97 Å². The van der Waals surface area contributed by atoms with Gasteiger partial charge in [-0.25, -0.2) is 4.79 Å². The molecule has 0 spiro atoms. The first-order valence-corrected chi connectivity index (χ1v) is 5.15. The average Bonchev–Trinajstić information content (AvgIpc) is 2.30. The minimum atomic E-state index is -1.10. The van der Waals surface area contributed by atoms with Crippen molar-refractivity contribution in [3.8, 4) is 5.75 Å². The molecule has 0 saturated heterocycles. The lowest BCUT2D eigenvalue weighted by Crippen LogP contribution is -2.25. The summed E-state index contributed by atoms with van der Waals surface area (Å²) in [6.45, 7) is 1.98. The normalized spacial score (nSPS) is 11.9. The minimum Gasteiger partial charge on any atom is -0.497 e. The second-order valence-electron chi connectivity index (χ2n) is 3.32. The first-order chi connectivity index (χ1) is 7.67. The summed E-state index contributed by atoms with van der Waals surface area (Å²) in [5.74, 6) is 0.160. The SMILES string of the molecule is CCOC(=O)[C@@H](O)Cc1ccc(OC)cc1. The molecule has 1 N–H and O–H groups in total. The standard InChI is InChI=1S/C12H16O4/c1-3-16-12(14)11(13)8-9-4-6-10(15-2)7-5-9/h4-7,11,13H,3,8H2,1-2H3/t11-/m0/s1. The van der Waals surface area contributed by atoms with Crippen LogP contribution in [-0.4, -0.2) is 30.9 Å². The highest BCUT2D eigenvalue weighted by atomic mass is 16.5. The van der Waals surface area contributed by atoms with Crippen LogP contribution in [0.3, 0.4) is 0 Å². The molecule has 0 heterocycles. The molecular formula is C12H16O4. The van der Waals surface area contributed by atoms with Gasteiger partial charge in [-0.1, -0.05) is 12.1 Å². The number of carbonyl (C=O) groups is 1. The molecule has 1 rings (SSSR count). The smallest absolute Gasteiger partial charge is 0.335 e. The third kappa shape index (κ3) is 3.55. The predicted molar refractivity (Wildman–Crippen MR) is 59.3 cm³/mol. The van der Waals surface area contributed by atoms with Crippen LogP contribution in [0.5, 0.6) is 5.75 Å². The number of esters is 1. The summed E-state index contributed by atoms with van der Waals surface area (Å²) in [5, 5.41) is 9.52. The second-order valence-corrected chi connectivity index (χ2v) is 3.32. The molecule has 4 nitrogen and oxygen atoms in total. The average molecular weight is 224 g/mol. The molecule has 0 aliphatic rings. The maximum absolute atomic E-state index is 11.2. The second kappa shape index (κ2) is 6.12. The maximum atomic E-state index is 11.2. The van der Waals surface area contributed by atoms with Crippen LogP contribution in [0.4, 0.5) is 0 Å². The molecule has 0 radical (unpaired) electrons. The zero-order chi connectivity index (χ0) is 12.0. The van der Waals surface area contributed by atoms with Gasteiger partial charge in [0.2, 0.25) is 0 Å². The van der Waals surface area contributed by atoms with Gasteiger partial charge in [0.05, 0.1) is 13.7 Å². The number of benzene rings is 1. The van der Waals surface area contributed by atoms with Gasteiger partial charge in [-0.3, -0.25) is 0 Å². The van der Waals surface area contributed by atoms with Crippen LogP contribution in [0.15, 0.2) is 24.3 Å². The molecule has 88 valence electrons. The molecule has 16 heavy (non-hydrogen) atoms. The molecule has 1 aromatic rings. The van der Waals surface area contributed by atoms with Crippen LogP contribution in [0.1, 0.15) is 12.5 Å². The number of aliphatic hydroxyl groups excluding tert-OH is 1. The Morgan fingerprint density at radius 2 is 2.00 bits per heavy atom. The fraction of sp³-hybridized carbons (Fsp3) is 0.417. The quantitative estimate of drug-likeness (QED) is 0.762. The largest absolute Gasteiger partial charge is 0.497 e. The van der Waals surface area contributed by atoms with Gasteiger partial charge in [-0.2, -0.15) is 0 Å². The summed E-state index contributed by atoms with van der Waals surface area (Å²) in [6.07, 6.45) is -0.851. The molecule has 1 aromatic carbocycles. The summed E-state index contributed by atoms with van der Waals surface area (Å²) < 4.78 is 9.71. The van der Waals surface area contributed by atoms with Crippen LogP contribution in [0.25, 0.3) is 0 Å². The van der Waals surface area contributed by atoms with Crippen LogP contribution in [0.2, 0.25) is 0 Å². The Labute approximate surface area is 94.8 Å². The van der Waals surface area contributed by atoms with Gasteiger partial charge in [0, 0.05) is 6.42 Å². The molecular weight excluding hydrogens is 208 g/mol. The number of hydrogen-bond donors (Lipinski definition) is 1. The van der Waals surface area contributed by atoms with E-state index >= 15 is 0 Å². The molecule has 0 fully saturated rings. The highest BCUT2D eigenvalue weighted by Crippen LogP contribution is 2.12. The lowest BCUT2D eigenvalue weighted by Gasteiger charge is -2.09. The van der Waals surface area contributed by atoms with Crippen LogP contribution >= 0.6 is 0 Å². The van der Waals surface area contributed by atoms with E-state index in [9.17, 15) is 9.90 Å². The molecule has 0 aromatic heterocycles. The summed E-state index contributed by atoms with van der Waals surface area (Å²) in [4.78, 5) is 11.2. The van der Waals surface area contributed by atoms with Gasteiger partial charge in [0.25, 0.3) is 0 Å². The van der Waals surface area contributed by atoms with E-state index in [2.05, 4.69) is 0 Å². The van der Waals surface area contributed by atoms with Crippen molar-refractivity contribution >= 4 is 5.97 Å². The number of hydrogen-bond acceptors (Lipinski definition) is 4. The van der Waals surface area contributed by atoms with Gasteiger partial charge in [0.15, 0.2) is 6.10 Å². The van der Waals surface area contributed by atoms with Crippen molar-refractivity contribution in [1.82, 2.24) is 0 Å². The topological polar surface area (TPSA) is 55.8 Å². The van der Waals surface area contributed by atoms with Crippen molar-refractivity contribution in [3.05, 3.63) is 29.8 Å². The van der Waals surface area contributed by atoms with E-state index in [0.29, 0.717) is 0 Å². The van der Waals surface area contributed by atoms with Crippen molar-refractivity contribution in [2.24, 2.45) is 0 Å². The number of rotatable bonds is 5. The lowest BCUT2D eigenvalue weighted by atomic mass is 10.1. The number of ether oxygens (including phenoxy) is 2. The third-order valence-corrected chi connectivity index (χ3v) is 2.15. The first kappa shape index (κ1) is 12.5. The summed E-state index contributed by atoms with van der Waals surface area (Å²) >= 11 is 0. The molecule has 0 aliphatic carbocycles. The summed E-state index contributed by atoms with van der Waals surface area (Å²) in [7, 11) is 1.59. The van der Waals surface area contributed by atoms with Crippen LogP contribution in [-0.2, 0) is 16.0 Å². The van der Waals surface area contributed by atoms with E-state index in [1.54, 1.807) is 38.3 Å². The van der Waals surface area contributed by atoms with Crippen LogP contribution < -0.4 is 4.74 Å². The number of aliphatic hydroxyl groups is 1. The zero-order valence-corrected chi connectivity index (χ0v) is 9.47. The van der Waals surface area contributed by atoms with Gasteiger partial charge in [0.1, 0.15) is 5.75 Å². The third-order valence-electron chi connectivity index (χ3n) is 2.15. The van der Waals surface area contributed by atoms with Crippen LogP contribution in [0, 0.1) is 0 Å². The zero-order valence-electron chi connectivity index (χ0n) is 9.47. The van der Waals surface area contributed by atoms with E-state index in [1.165, 1.54) is 0 Å². The van der Waals surface area contributed by atoms with Crippen molar-refractivity contribution in [1.29, 1.82) is 0 Å². The van der Waals surface area contributed by atoms with Crippen molar-refractivity contribution in [2.75, 3.05) is 13.7 Å². The fourth-order valence-electron chi connectivity index (χ4n) is 1.31. The van der Waals surface area contributed by atoms with Gasteiger partial charge in [-0.15, -0.1) is 0 Å². The Bertz CT molecular complexity index is 331. The number of methoxy groups -OCH3 is 1. The van der Waals surface area contributed by atoms with Gasteiger partial charge < -0.3 is 14.6 Å². The molecule has 1 atom stereocenters. The molecule has 0 amide bonds. The molecule has 4 heteroatoms. The first-order valence-electron chi connectivity index (χ1n) is 5.15. The molecule has 0 bridgehead atoms. The Hall–Kier alpha value is -1.55. The summed E-state index contributed by atoms with van der Waals surface area (Å²) in [6, 6.07) is 7.18. The Morgan fingerprint density at radius 1 is 1.38 bits per heavy atom. The van der Waals surface area contributed by atoms with E-state index in [0.717, 1.165) is 11.3 Å². The molecule has 0 saturated carbocycles. The minimum absolute atomic E-state index is 0.253. The highest BCUT2D eigenvalue weighted by Gasteiger charge is 2.16. The van der Waals surface area contributed by atoms with E-state index in [-0.39, 0.29) is 13.0 Å². The van der Waals surface area contributed by atoms with E-state index < -0.39 is 12.1 Å². The Kier molecular flexibility index (Phi) is 4.79. The Morgan fingerprint density at radius 3 is 2.50 bits per heavy atom. The lowest BCUT2D eigenvalue weighted by molar-refractivity contribution is -0.152. The van der Waals surface area contributed by atoms with Crippen molar-refractivity contribution < 1.29 is 19.4 Å². The van der Waals surface area contributed by atoms with E-state index in [4.69, 9.17) is 9.47 Å². The highest BCUT2D eigenvalue weighted by molar-refractivity contribution is 5.74.